The van der Waals surface area contributed by atoms with E-state index in [9.17, 15) is 0 Å². The Balaban J connectivity index is 2.13. The molecule has 1 aromatic heterocycles. The first-order valence-corrected chi connectivity index (χ1v) is 4.66. The number of rotatable bonds is 0. The number of fused-ring (bicyclic) bond motifs is 2. The summed E-state index contributed by atoms with van der Waals surface area (Å²) in [5, 5.41) is 4.32. The van der Waals surface area contributed by atoms with E-state index < -0.39 is 0 Å². The van der Waals surface area contributed by atoms with E-state index in [1.165, 1.54) is 12.2 Å². The zero-order valence-corrected chi connectivity index (χ0v) is 7.49. The fraction of sp³-hybridized carbons (Fsp3) is 0.778. The van der Waals surface area contributed by atoms with Crippen LogP contribution in [0.2, 0.25) is 0 Å². The molecular formula is C9H13N3. The molecule has 0 saturated heterocycles. The van der Waals surface area contributed by atoms with E-state index in [-0.39, 0.29) is 0 Å². The van der Waals surface area contributed by atoms with E-state index in [2.05, 4.69) is 28.6 Å². The fourth-order valence-electron chi connectivity index (χ4n) is 2.88. The summed E-state index contributed by atoms with van der Waals surface area (Å²) in [4.78, 5) is 4.25. The standard InChI is InChI=1S/C9H13N3/c1-6-7(2)9(6)4-3-8-10-5-11-12(8)9/h5-7H,3-4H2,1-2H3. The second-order valence-electron chi connectivity index (χ2n) is 4.16. The highest BCUT2D eigenvalue weighted by atomic mass is 15.4. The van der Waals surface area contributed by atoms with Gasteiger partial charge in [-0.2, -0.15) is 5.10 Å². The number of hydrogen-bond acceptors (Lipinski definition) is 2. The highest BCUT2D eigenvalue weighted by Crippen LogP contribution is 2.61. The minimum Gasteiger partial charge on any atom is -0.243 e. The zero-order chi connectivity index (χ0) is 8.34. The summed E-state index contributed by atoms with van der Waals surface area (Å²) in [6.07, 6.45) is 4.06. The van der Waals surface area contributed by atoms with Crippen molar-refractivity contribution in [2.45, 2.75) is 32.2 Å². The van der Waals surface area contributed by atoms with Crippen LogP contribution in [0.15, 0.2) is 6.33 Å². The quantitative estimate of drug-likeness (QED) is 0.575. The second kappa shape index (κ2) is 1.73. The topological polar surface area (TPSA) is 30.7 Å². The van der Waals surface area contributed by atoms with Gasteiger partial charge < -0.3 is 0 Å². The number of aryl methyl sites for hydroxylation is 1. The summed E-state index contributed by atoms with van der Waals surface area (Å²) < 4.78 is 2.17. The maximum Gasteiger partial charge on any atom is 0.138 e. The van der Waals surface area contributed by atoms with E-state index in [0.717, 1.165) is 18.3 Å². The predicted molar refractivity (Wildman–Crippen MR) is 44.6 cm³/mol. The van der Waals surface area contributed by atoms with Crippen molar-refractivity contribution in [2.24, 2.45) is 11.8 Å². The van der Waals surface area contributed by atoms with Crippen LogP contribution >= 0.6 is 0 Å². The summed E-state index contributed by atoms with van der Waals surface area (Å²) in [5.74, 6) is 2.77. The van der Waals surface area contributed by atoms with Gasteiger partial charge >= 0.3 is 0 Å². The lowest BCUT2D eigenvalue weighted by molar-refractivity contribution is 0.404. The lowest BCUT2D eigenvalue weighted by Gasteiger charge is -2.09. The molecule has 64 valence electrons. The van der Waals surface area contributed by atoms with Crippen molar-refractivity contribution < 1.29 is 0 Å². The first-order chi connectivity index (χ1) is 5.77. The molecule has 0 radical (unpaired) electrons. The van der Waals surface area contributed by atoms with E-state index in [4.69, 9.17) is 0 Å². The van der Waals surface area contributed by atoms with E-state index in [1.54, 1.807) is 6.33 Å². The number of nitrogens with zero attached hydrogens (tertiary/aromatic N) is 3. The molecule has 0 amide bonds. The SMILES string of the molecule is CC1C(C)C12CCc1ncnn12. The van der Waals surface area contributed by atoms with Crippen LogP contribution in [-0.4, -0.2) is 14.8 Å². The average molecular weight is 163 g/mol. The van der Waals surface area contributed by atoms with Crippen molar-refractivity contribution in [2.75, 3.05) is 0 Å². The molecule has 1 aromatic rings. The lowest BCUT2D eigenvalue weighted by atomic mass is 10.1. The molecule has 3 nitrogen and oxygen atoms in total. The third-order valence-electron chi connectivity index (χ3n) is 3.98. The summed E-state index contributed by atoms with van der Waals surface area (Å²) in [6.45, 7) is 4.64. The second-order valence-corrected chi connectivity index (χ2v) is 4.16. The molecule has 2 atom stereocenters. The molecule has 1 aliphatic carbocycles. The molecule has 0 N–H and O–H groups in total. The molecule has 12 heavy (non-hydrogen) atoms. The first kappa shape index (κ1) is 6.63. The molecule has 2 unspecified atom stereocenters. The van der Waals surface area contributed by atoms with Crippen LogP contribution < -0.4 is 0 Å². The predicted octanol–water partition coefficient (Wildman–Crippen LogP) is 1.21. The Morgan fingerprint density at radius 2 is 2.25 bits per heavy atom. The third-order valence-corrected chi connectivity index (χ3v) is 3.98. The highest BCUT2D eigenvalue weighted by molar-refractivity contribution is 5.18. The smallest absolute Gasteiger partial charge is 0.138 e. The van der Waals surface area contributed by atoms with Gasteiger partial charge in [-0.15, -0.1) is 0 Å². The van der Waals surface area contributed by atoms with Crippen molar-refractivity contribution in [1.29, 1.82) is 0 Å². The van der Waals surface area contributed by atoms with Crippen molar-refractivity contribution in [1.82, 2.24) is 14.8 Å². The van der Waals surface area contributed by atoms with Gasteiger partial charge in [-0.1, -0.05) is 13.8 Å². The van der Waals surface area contributed by atoms with Gasteiger partial charge in [-0.3, -0.25) is 0 Å². The van der Waals surface area contributed by atoms with Crippen LogP contribution in [-0.2, 0) is 12.0 Å². The molecular weight excluding hydrogens is 150 g/mol. The van der Waals surface area contributed by atoms with Crippen LogP contribution in [0, 0.1) is 11.8 Å². The molecule has 3 heteroatoms. The summed E-state index contributed by atoms with van der Waals surface area (Å²) in [6, 6.07) is 0. The van der Waals surface area contributed by atoms with E-state index in [1.807, 2.05) is 0 Å². The maximum atomic E-state index is 4.32. The van der Waals surface area contributed by atoms with Gasteiger partial charge in [0.25, 0.3) is 0 Å². The minimum absolute atomic E-state index is 0.367. The average Bonchev–Trinajstić information content (AvgIpc) is 2.51. The van der Waals surface area contributed by atoms with Gasteiger partial charge in [-0.05, 0) is 18.3 Å². The Bertz CT molecular complexity index is 320. The molecule has 2 aliphatic rings. The van der Waals surface area contributed by atoms with Gasteiger partial charge in [0.05, 0.1) is 5.54 Å². The van der Waals surface area contributed by atoms with Crippen LogP contribution in [0.1, 0.15) is 26.1 Å². The van der Waals surface area contributed by atoms with Crippen molar-refractivity contribution in [3.05, 3.63) is 12.2 Å². The molecule has 1 fully saturated rings. The molecule has 1 spiro atoms. The van der Waals surface area contributed by atoms with Crippen molar-refractivity contribution in [3.63, 3.8) is 0 Å². The molecule has 1 saturated carbocycles. The number of hydrogen-bond donors (Lipinski definition) is 0. The van der Waals surface area contributed by atoms with E-state index in [0.29, 0.717) is 5.54 Å². The van der Waals surface area contributed by atoms with Crippen LogP contribution in [0.4, 0.5) is 0 Å². The van der Waals surface area contributed by atoms with Crippen LogP contribution in [0.3, 0.4) is 0 Å². The zero-order valence-electron chi connectivity index (χ0n) is 7.49. The molecule has 3 rings (SSSR count). The van der Waals surface area contributed by atoms with Gasteiger partial charge in [0.1, 0.15) is 12.2 Å². The van der Waals surface area contributed by atoms with Crippen LogP contribution in [0.25, 0.3) is 0 Å². The Morgan fingerprint density at radius 3 is 2.92 bits per heavy atom. The largest absolute Gasteiger partial charge is 0.243 e. The maximum absolute atomic E-state index is 4.32. The normalized spacial score (nSPS) is 43.5. The van der Waals surface area contributed by atoms with Gasteiger partial charge in [0, 0.05) is 6.42 Å². The third kappa shape index (κ3) is 0.490. The summed E-state index contributed by atoms with van der Waals surface area (Å²) in [5.41, 5.74) is 0.367. The van der Waals surface area contributed by atoms with E-state index >= 15 is 0 Å². The molecule has 0 aromatic carbocycles. The summed E-state index contributed by atoms with van der Waals surface area (Å²) >= 11 is 0. The summed E-state index contributed by atoms with van der Waals surface area (Å²) in [7, 11) is 0. The monoisotopic (exact) mass is 163 g/mol. The number of aromatic nitrogens is 3. The Morgan fingerprint density at radius 1 is 1.50 bits per heavy atom. The molecule has 1 aliphatic heterocycles. The first-order valence-electron chi connectivity index (χ1n) is 4.66. The van der Waals surface area contributed by atoms with Crippen molar-refractivity contribution in [3.8, 4) is 0 Å². The Labute approximate surface area is 71.8 Å². The lowest BCUT2D eigenvalue weighted by Crippen LogP contribution is -2.17. The highest BCUT2D eigenvalue weighted by Gasteiger charge is 2.63. The molecule has 2 heterocycles. The van der Waals surface area contributed by atoms with Crippen molar-refractivity contribution >= 4 is 0 Å². The minimum atomic E-state index is 0.367. The molecule has 0 bridgehead atoms. The Kier molecular flexibility index (Phi) is 0.955. The van der Waals surface area contributed by atoms with Gasteiger partial charge in [0.15, 0.2) is 0 Å². The van der Waals surface area contributed by atoms with Gasteiger partial charge in [-0.25, -0.2) is 9.67 Å². The Hall–Kier alpha value is -0.860. The fourth-order valence-corrected chi connectivity index (χ4v) is 2.88. The van der Waals surface area contributed by atoms with Crippen LogP contribution in [0.5, 0.6) is 0 Å². The van der Waals surface area contributed by atoms with Gasteiger partial charge in [0.2, 0.25) is 0 Å².